The highest BCUT2D eigenvalue weighted by Gasteiger charge is 2.38. The molecule has 3 rings (SSSR count). The Balaban J connectivity index is 1.85. The standard InChI is InChI=1S/C20H16F7NOS/c21-16-4-2-1-3-15(16)17-5-6-28(7-8-30-17)18(29)12-9-13(19(22,23)24)11-14(10-12)20(25,26)27/h1-4,9-11,17H,5-8H2. The zero-order valence-corrected chi connectivity index (χ0v) is 16.2. The second-order valence-electron chi connectivity index (χ2n) is 6.76. The fourth-order valence-electron chi connectivity index (χ4n) is 3.22. The summed E-state index contributed by atoms with van der Waals surface area (Å²) in [6.45, 7) is 0.217. The van der Waals surface area contributed by atoms with Crippen molar-refractivity contribution in [3.8, 4) is 0 Å². The van der Waals surface area contributed by atoms with Crippen LogP contribution >= 0.6 is 11.8 Å². The zero-order valence-electron chi connectivity index (χ0n) is 15.4. The van der Waals surface area contributed by atoms with Crippen LogP contribution in [0.1, 0.15) is 38.7 Å². The van der Waals surface area contributed by atoms with Crippen molar-refractivity contribution in [3.05, 3.63) is 70.5 Å². The average Bonchev–Trinajstić information content (AvgIpc) is 2.92. The maximum Gasteiger partial charge on any atom is 0.416 e. The minimum atomic E-state index is -5.03. The summed E-state index contributed by atoms with van der Waals surface area (Å²) in [5.74, 6) is -0.945. The molecule has 162 valence electrons. The molecule has 0 saturated carbocycles. The van der Waals surface area contributed by atoms with E-state index in [1.165, 1.54) is 22.7 Å². The molecule has 30 heavy (non-hydrogen) atoms. The Morgan fingerprint density at radius 2 is 1.53 bits per heavy atom. The third-order valence-electron chi connectivity index (χ3n) is 4.72. The Morgan fingerprint density at radius 1 is 0.933 bits per heavy atom. The van der Waals surface area contributed by atoms with Crippen LogP contribution in [0.3, 0.4) is 0 Å². The Hall–Kier alpha value is -2.23. The van der Waals surface area contributed by atoms with E-state index in [4.69, 9.17) is 0 Å². The first-order valence-corrected chi connectivity index (χ1v) is 9.96. The van der Waals surface area contributed by atoms with Crippen molar-refractivity contribution >= 4 is 17.7 Å². The van der Waals surface area contributed by atoms with E-state index in [0.717, 1.165) is 0 Å². The summed E-state index contributed by atoms with van der Waals surface area (Å²) in [6.07, 6.45) is -9.73. The molecule has 1 aliphatic heterocycles. The van der Waals surface area contributed by atoms with Gasteiger partial charge in [0, 0.05) is 35.2 Å². The highest BCUT2D eigenvalue weighted by molar-refractivity contribution is 7.99. The van der Waals surface area contributed by atoms with Gasteiger partial charge in [0.15, 0.2) is 0 Å². The maximum absolute atomic E-state index is 14.0. The van der Waals surface area contributed by atoms with Crippen molar-refractivity contribution in [1.29, 1.82) is 0 Å². The van der Waals surface area contributed by atoms with Gasteiger partial charge in [-0.1, -0.05) is 18.2 Å². The van der Waals surface area contributed by atoms with Gasteiger partial charge < -0.3 is 4.90 Å². The molecule has 2 aromatic rings. The quantitative estimate of drug-likeness (QED) is 0.508. The van der Waals surface area contributed by atoms with E-state index in [1.54, 1.807) is 18.2 Å². The lowest BCUT2D eigenvalue weighted by Crippen LogP contribution is -2.33. The van der Waals surface area contributed by atoms with E-state index in [0.29, 0.717) is 29.9 Å². The van der Waals surface area contributed by atoms with Crippen LogP contribution in [-0.4, -0.2) is 29.6 Å². The van der Waals surface area contributed by atoms with Gasteiger partial charge in [-0.15, -0.1) is 0 Å². The smallest absolute Gasteiger partial charge is 0.338 e. The highest BCUT2D eigenvalue weighted by Crippen LogP contribution is 2.38. The Labute approximate surface area is 172 Å². The molecule has 0 bridgehead atoms. The summed E-state index contributed by atoms with van der Waals surface area (Å²) in [6, 6.07) is 7.01. The van der Waals surface area contributed by atoms with Gasteiger partial charge in [-0.25, -0.2) is 4.39 Å². The van der Waals surface area contributed by atoms with Crippen molar-refractivity contribution in [2.75, 3.05) is 18.8 Å². The van der Waals surface area contributed by atoms with Crippen LogP contribution in [0, 0.1) is 5.82 Å². The maximum atomic E-state index is 14.0. The first-order chi connectivity index (χ1) is 14.0. The van der Waals surface area contributed by atoms with Gasteiger partial charge in [-0.2, -0.15) is 38.1 Å². The van der Waals surface area contributed by atoms with Gasteiger partial charge in [0.05, 0.1) is 11.1 Å². The number of hydrogen-bond donors (Lipinski definition) is 0. The third-order valence-corrected chi connectivity index (χ3v) is 6.03. The molecule has 0 aromatic heterocycles. The second kappa shape index (κ2) is 8.49. The first kappa shape index (κ1) is 22.5. The number of rotatable bonds is 2. The molecule has 0 radical (unpaired) electrons. The number of carbonyl (C=O) groups is 1. The van der Waals surface area contributed by atoms with Gasteiger partial charge in [-0.3, -0.25) is 4.79 Å². The molecule has 1 amide bonds. The number of hydrogen-bond acceptors (Lipinski definition) is 2. The molecule has 1 saturated heterocycles. The lowest BCUT2D eigenvalue weighted by atomic mass is 10.0. The van der Waals surface area contributed by atoms with Crippen LogP contribution in [0.15, 0.2) is 42.5 Å². The molecule has 1 atom stereocenters. The number of carbonyl (C=O) groups excluding carboxylic acids is 1. The number of benzene rings is 2. The number of nitrogens with zero attached hydrogens (tertiary/aromatic N) is 1. The van der Waals surface area contributed by atoms with Crippen molar-refractivity contribution in [1.82, 2.24) is 4.90 Å². The lowest BCUT2D eigenvalue weighted by Gasteiger charge is -2.22. The Morgan fingerprint density at radius 3 is 2.10 bits per heavy atom. The summed E-state index contributed by atoms with van der Waals surface area (Å²) >= 11 is 1.39. The molecule has 1 unspecified atom stereocenters. The predicted octanol–water partition coefficient (Wildman–Crippen LogP) is 6.18. The fourth-order valence-corrected chi connectivity index (χ4v) is 4.47. The summed E-state index contributed by atoms with van der Waals surface area (Å²) in [5.41, 5.74) is -3.29. The molecule has 1 fully saturated rings. The van der Waals surface area contributed by atoms with Crippen molar-refractivity contribution in [2.45, 2.75) is 24.0 Å². The molecular formula is C20H16F7NOS. The Bertz CT molecular complexity index is 894. The van der Waals surface area contributed by atoms with Gasteiger partial charge in [0.2, 0.25) is 0 Å². The molecule has 10 heteroatoms. The normalized spacial score (nSPS) is 18.2. The van der Waals surface area contributed by atoms with Crippen molar-refractivity contribution < 1.29 is 35.5 Å². The number of thioether (sulfide) groups is 1. The van der Waals surface area contributed by atoms with Gasteiger partial charge in [0.1, 0.15) is 5.82 Å². The first-order valence-electron chi connectivity index (χ1n) is 8.91. The highest BCUT2D eigenvalue weighted by atomic mass is 32.2. The van der Waals surface area contributed by atoms with Crippen LogP contribution in [0.25, 0.3) is 0 Å². The molecule has 0 spiro atoms. The fraction of sp³-hybridized carbons (Fsp3) is 0.350. The lowest BCUT2D eigenvalue weighted by molar-refractivity contribution is -0.143. The SMILES string of the molecule is O=C(c1cc(C(F)(F)F)cc(C(F)(F)F)c1)N1CCSC(c2ccccc2F)CC1. The number of halogens is 7. The third kappa shape index (κ3) is 5.08. The molecule has 0 N–H and O–H groups in total. The van der Waals surface area contributed by atoms with Crippen LogP contribution in [-0.2, 0) is 12.4 Å². The van der Waals surface area contributed by atoms with E-state index in [9.17, 15) is 35.5 Å². The van der Waals surface area contributed by atoms with E-state index >= 15 is 0 Å². The van der Waals surface area contributed by atoms with Crippen LogP contribution < -0.4 is 0 Å². The average molecular weight is 451 g/mol. The minimum absolute atomic E-state index is 0.0106. The number of amides is 1. The minimum Gasteiger partial charge on any atom is -0.338 e. The van der Waals surface area contributed by atoms with Crippen LogP contribution in [0.5, 0.6) is 0 Å². The Kier molecular flexibility index (Phi) is 6.35. The van der Waals surface area contributed by atoms with Crippen LogP contribution in [0.4, 0.5) is 30.7 Å². The van der Waals surface area contributed by atoms with E-state index < -0.39 is 40.8 Å². The van der Waals surface area contributed by atoms with Gasteiger partial charge in [-0.05, 0) is 30.7 Å². The second-order valence-corrected chi connectivity index (χ2v) is 8.07. The van der Waals surface area contributed by atoms with Crippen LogP contribution in [0.2, 0.25) is 0 Å². The largest absolute Gasteiger partial charge is 0.416 e. The topological polar surface area (TPSA) is 20.3 Å². The summed E-state index contributed by atoms with van der Waals surface area (Å²) < 4.78 is 92.3. The summed E-state index contributed by atoms with van der Waals surface area (Å²) in [7, 11) is 0. The number of alkyl halides is 6. The molecule has 2 aromatic carbocycles. The van der Waals surface area contributed by atoms with Gasteiger partial charge >= 0.3 is 12.4 Å². The molecular weight excluding hydrogens is 435 g/mol. The summed E-state index contributed by atoms with van der Waals surface area (Å²) in [4.78, 5) is 13.9. The molecule has 1 heterocycles. The predicted molar refractivity (Wildman–Crippen MR) is 98.6 cm³/mol. The molecule has 2 nitrogen and oxygen atoms in total. The molecule has 0 aliphatic carbocycles. The zero-order chi connectivity index (χ0) is 22.1. The van der Waals surface area contributed by atoms with Crippen molar-refractivity contribution in [2.24, 2.45) is 0 Å². The van der Waals surface area contributed by atoms with E-state index in [1.807, 2.05) is 0 Å². The van der Waals surface area contributed by atoms with E-state index in [-0.39, 0.29) is 24.4 Å². The molecule has 1 aliphatic rings. The van der Waals surface area contributed by atoms with Crippen molar-refractivity contribution in [3.63, 3.8) is 0 Å². The van der Waals surface area contributed by atoms with E-state index in [2.05, 4.69) is 0 Å². The summed E-state index contributed by atoms with van der Waals surface area (Å²) in [5, 5.41) is -0.267. The monoisotopic (exact) mass is 451 g/mol. The van der Waals surface area contributed by atoms with Gasteiger partial charge in [0.25, 0.3) is 5.91 Å².